The summed E-state index contributed by atoms with van der Waals surface area (Å²) in [6, 6.07) is 2.38. The van der Waals surface area contributed by atoms with Crippen LogP contribution in [0.5, 0.6) is 0 Å². The first-order chi connectivity index (χ1) is 9.84. The molecule has 0 aromatic carbocycles. The molecule has 0 aliphatic heterocycles. The first-order valence-corrected chi connectivity index (χ1v) is 7.84. The fourth-order valence-corrected chi connectivity index (χ4v) is 3.29. The normalized spacial score (nSPS) is 23.7. The molecule has 0 spiro atoms. The molecule has 20 heavy (non-hydrogen) atoms. The Kier molecular flexibility index (Phi) is 4.19. The Morgan fingerprint density at radius 2 is 2.05 bits per heavy atom. The Morgan fingerprint density at radius 3 is 2.80 bits per heavy atom. The van der Waals surface area contributed by atoms with Crippen molar-refractivity contribution >= 4 is 11.7 Å². The van der Waals surface area contributed by atoms with Crippen LogP contribution in [0.1, 0.15) is 57.4 Å². The zero-order chi connectivity index (χ0) is 13.8. The molecule has 0 saturated heterocycles. The number of nitrogens with one attached hydrogen (secondary N) is 1. The predicted octanol–water partition coefficient (Wildman–Crippen LogP) is 3.68. The average Bonchev–Trinajstić information content (AvgIpc) is 2.97. The topological polar surface area (TPSA) is 46.9 Å². The molecule has 4 nitrogen and oxygen atoms in total. The second-order valence-corrected chi connectivity index (χ2v) is 5.92. The highest BCUT2D eigenvalue weighted by molar-refractivity contribution is 5.91. The summed E-state index contributed by atoms with van der Waals surface area (Å²) in [5, 5.41) is 7.51. The van der Waals surface area contributed by atoms with Crippen LogP contribution in [-0.4, -0.2) is 15.7 Å². The predicted molar refractivity (Wildman–Crippen MR) is 79.5 cm³/mol. The summed E-state index contributed by atoms with van der Waals surface area (Å²) in [4.78, 5) is 12.3. The maximum atomic E-state index is 12.3. The van der Waals surface area contributed by atoms with Gasteiger partial charge in [0.2, 0.25) is 5.91 Å². The van der Waals surface area contributed by atoms with Crippen LogP contribution in [0.25, 0.3) is 0 Å². The van der Waals surface area contributed by atoms with Crippen LogP contribution in [0.4, 0.5) is 5.82 Å². The molecule has 4 heteroatoms. The van der Waals surface area contributed by atoms with Crippen molar-refractivity contribution in [2.75, 3.05) is 5.32 Å². The average molecular weight is 273 g/mol. The molecule has 0 radical (unpaired) electrons. The summed E-state index contributed by atoms with van der Waals surface area (Å²) in [6.45, 7) is 0. The Hall–Kier alpha value is -1.58. The molecule has 3 rings (SSSR count). The smallest absolute Gasteiger partial charge is 0.228 e. The van der Waals surface area contributed by atoms with E-state index in [1.54, 1.807) is 6.20 Å². The van der Waals surface area contributed by atoms with Gasteiger partial charge >= 0.3 is 0 Å². The van der Waals surface area contributed by atoms with Gasteiger partial charge in [0.25, 0.3) is 0 Å². The molecule has 2 aliphatic rings. The zero-order valence-corrected chi connectivity index (χ0v) is 11.9. The SMILES string of the molecule is O=C(Nc1ccnn1C1CCCCC1)C1CC=CCC1. The number of anilines is 1. The van der Waals surface area contributed by atoms with Crippen LogP contribution in [0.3, 0.4) is 0 Å². The lowest BCUT2D eigenvalue weighted by atomic mass is 9.93. The molecule has 1 N–H and O–H groups in total. The molecule has 1 saturated carbocycles. The van der Waals surface area contributed by atoms with Crippen LogP contribution in [-0.2, 0) is 4.79 Å². The molecule has 2 aliphatic carbocycles. The van der Waals surface area contributed by atoms with E-state index in [1.165, 1.54) is 32.1 Å². The van der Waals surface area contributed by atoms with E-state index in [-0.39, 0.29) is 11.8 Å². The molecular weight excluding hydrogens is 250 g/mol. The number of hydrogen-bond acceptors (Lipinski definition) is 2. The zero-order valence-electron chi connectivity index (χ0n) is 11.9. The fraction of sp³-hybridized carbons (Fsp3) is 0.625. The summed E-state index contributed by atoms with van der Waals surface area (Å²) in [5.74, 6) is 1.14. The molecule has 1 aromatic rings. The molecule has 0 bridgehead atoms. The first kappa shape index (κ1) is 13.4. The molecule has 1 amide bonds. The highest BCUT2D eigenvalue weighted by atomic mass is 16.2. The first-order valence-electron chi connectivity index (χ1n) is 7.84. The van der Waals surface area contributed by atoms with Crippen molar-refractivity contribution < 1.29 is 4.79 Å². The van der Waals surface area contributed by atoms with Gasteiger partial charge in [-0.25, -0.2) is 4.68 Å². The minimum absolute atomic E-state index is 0.120. The number of hydrogen-bond donors (Lipinski definition) is 1. The molecule has 1 atom stereocenters. The van der Waals surface area contributed by atoms with Gasteiger partial charge in [-0.15, -0.1) is 0 Å². The lowest BCUT2D eigenvalue weighted by molar-refractivity contribution is -0.120. The number of aromatic nitrogens is 2. The number of amides is 1. The van der Waals surface area contributed by atoms with Crippen LogP contribution >= 0.6 is 0 Å². The van der Waals surface area contributed by atoms with Gasteiger partial charge in [0.1, 0.15) is 5.82 Å². The number of nitrogens with zero attached hydrogens (tertiary/aromatic N) is 2. The largest absolute Gasteiger partial charge is 0.311 e. The summed E-state index contributed by atoms with van der Waals surface area (Å²) in [5.41, 5.74) is 0. The van der Waals surface area contributed by atoms with Crippen LogP contribution in [0.2, 0.25) is 0 Å². The highest BCUT2D eigenvalue weighted by Gasteiger charge is 2.22. The van der Waals surface area contributed by atoms with Gasteiger partial charge in [-0.2, -0.15) is 5.10 Å². The van der Waals surface area contributed by atoms with Crippen molar-refractivity contribution in [2.24, 2.45) is 5.92 Å². The summed E-state index contributed by atoms with van der Waals surface area (Å²) in [7, 11) is 0. The van der Waals surface area contributed by atoms with E-state index in [2.05, 4.69) is 22.6 Å². The van der Waals surface area contributed by atoms with Gasteiger partial charge in [-0.1, -0.05) is 31.4 Å². The van der Waals surface area contributed by atoms with E-state index in [9.17, 15) is 4.79 Å². The van der Waals surface area contributed by atoms with Crippen molar-refractivity contribution in [3.63, 3.8) is 0 Å². The fourth-order valence-electron chi connectivity index (χ4n) is 3.29. The van der Waals surface area contributed by atoms with Crippen LogP contribution in [0, 0.1) is 5.92 Å². The van der Waals surface area contributed by atoms with Gasteiger partial charge in [0.15, 0.2) is 0 Å². The molecule has 1 unspecified atom stereocenters. The Bertz CT molecular complexity index is 486. The number of carbonyl (C=O) groups excluding carboxylic acids is 1. The van der Waals surface area contributed by atoms with Crippen molar-refractivity contribution in [2.45, 2.75) is 57.4 Å². The molecule has 1 fully saturated rings. The highest BCUT2D eigenvalue weighted by Crippen LogP contribution is 2.30. The lowest BCUT2D eigenvalue weighted by Gasteiger charge is -2.24. The lowest BCUT2D eigenvalue weighted by Crippen LogP contribution is -2.26. The Balaban J connectivity index is 1.66. The second-order valence-electron chi connectivity index (χ2n) is 5.92. The summed E-state index contributed by atoms with van der Waals surface area (Å²) < 4.78 is 2.02. The summed E-state index contributed by atoms with van der Waals surface area (Å²) >= 11 is 0. The van der Waals surface area contributed by atoms with Crippen LogP contribution < -0.4 is 5.32 Å². The van der Waals surface area contributed by atoms with Gasteiger partial charge in [-0.05, 0) is 32.1 Å². The van der Waals surface area contributed by atoms with Crippen molar-refractivity contribution in [1.82, 2.24) is 9.78 Å². The van der Waals surface area contributed by atoms with E-state index in [4.69, 9.17) is 0 Å². The van der Waals surface area contributed by atoms with Crippen molar-refractivity contribution in [3.05, 3.63) is 24.4 Å². The molecule has 1 heterocycles. The number of rotatable bonds is 3. The Morgan fingerprint density at radius 1 is 1.20 bits per heavy atom. The van der Waals surface area contributed by atoms with E-state index in [0.717, 1.165) is 25.1 Å². The van der Waals surface area contributed by atoms with Gasteiger partial charge in [-0.3, -0.25) is 4.79 Å². The second kappa shape index (κ2) is 6.25. The quantitative estimate of drug-likeness (QED) is 0.854. The van der Waals surface area contributed by atoms with Gasteiger partial charge in [0.05, 0.1) is 12.2 Å². The van der Waals surface area contributed by atoms with E-state index < -0.39 is 0 Å². The Labute approximate surface area is 120 Å². The van der Waals surface area contributed by atoms with Gasteiger partial charge in [0, 0.05) is 12.0 Å². The molecule has 108 valence electrons. The van der Waals surface area contributed by atoms with Crippen molar-refractivity contribution in [1.29, 1.82) is 0 Å². The van der Waals surface area contributed by atoms with E-state index in [1.807, 2.05) is 10.7 Å². The molecule has 1 aromatic heterocycles. The maximum absolute atomic E-state index is 12.3. The molecular formula is C16H23N3O. The van der Waals surface area contributed by atoms with Crippen LogP contribution in [0.15, 0.2) is 24.4 Å². The van der Waals surface area contributed by atoms with Gasteiger partial charge < -0.3 is 5.32 Å². The third kappa shape index (κ3) is 2.94. The monoisotopic (exact) mass is 273 g/mol. The maximum Gasteiger partial charge on any atom is 0.228 e. The van der Waals surface area contributed by atoms with E-state index in [0.29, 0.717) is 6.04 Å². The minimum atomic E-state index is 0.120. The third-order valence-corrected chi connectivity index (χ3v) is 4.48. The standard InChI is InChI=1S/C16H23N3O/c20-16(13-7-3-1-4-8-13)18-15-11-12-17-19(15)14-9-5-2-6-10-14/h1,3,11-14H,2,4-10H2,(H,18,20). The number of allylic oxidation sites excluding steroid dienone is 2. The minimum Gasteiger partial charge on any atom is -0.311 e. The summed E-state index contributed by atoms with van der Waals surface area (Å²) in [6.07, 6.45) is 15.1. The van der Waals surface area contributed by atoms with Crippen molar-refractivity contribution in [3.8, 4) is 0 Å². The van der Waals surface area contributed by atoms with E-state index >= 15 is 0 Å². The third-order valence-electron chi connectivity index (χ3n) is 4.48. The number of carbonyl (C=O) groups is 1.